The van der Waals surface area contributed by atoms with Crippen molar-refractivity contribution in [2.75, 3.05) is 38.2 Å². The topological polar surface area (TPSA) is 24.5 Å². The second-order valence-electron chi connectivity index (χ2n) is 5.34. The van der Waals surface area contributed by atoms with Gasteiger partial charge in [0.2, 0.25) is 0 Å². The number of nitrogens with one attached hydrogen (secondary N) is 1. The Bertz CT molecular complexity index is 400. The monoisotopic (exact) mass is 262 g/mol. The number of morpholine rings is 1. The van der Waals surface area contributed by atoms with Crippen LogP contribution in [-0.4, -0.2) is 39.4 Å². The molecule has 1 aromatic rings. The molecule has 0 amide bonds. The minimum atomic E-state index is 0.366. The number of nitrogens with zero attached hydrogens (tertiary/aromatic N) is 1. The highest BCUT2D eigenvalue weighted by molar-refractivity contribution is 5.58. The minimum absolute atomic E-state index is 0.366. The van der Waals surface area contributed by atoms with Crippen LogP contribution in [0.2, 0.25) is 0 Å². The Balaban J connectivity index is 1.97. The zero-order chi connectivity index (χ0) is 13.7. The van der Waals surface area contributed by atoms with E-state index in [2.05, 4.69) is 49.3 Å². The van der Waals surface area contributed by atoms with Crippen molar-refractivity contribution in [3.05, 3.63) is 29.3 Å². The Kier molecular flexibility index (Phi) is 5.23. The van der Waals surface area contributed by atoms with E-state index in [9.17, 15) is 0 Å². The first-order valence-corrected chi connectivity index (χ1v) is 7.34. The molecule has 0 bridgehead atoms. The maximum absolute atomic E-state index is 5.76. The summed E-state index contributed by atoms with van der Waals surface area (Å²) in [6.07, 6.45) is 2.54. The van der Waals surface area contributed by atoms with Crippen molar-refractivity contribution in [2.45, 2.75) is 32.8 Å². The van der Waals surface area contributed by atoms with E-state index >= 15 is 0 Å². The van der Waals surface area contributed by atoms with Gasteiger partial charge in [-0.05, 0) is 30.9 Å². The summed E-state index contributed by atoms with van der Waals surface area (Å²) in [5.74, 6) is 0. The molecule has 0 saturated carbocycles. The fourth-order valence-corrected chi connectivity index (χ4v) is 2.81. The smallest absolute Gasteiger partial charge is 0.0716 e. The molecule has 19 heavy (non-hydrogen) atoms. The van der Waals surface area contributed by atoms with E-state index in [0.717, 1.165) is 39.1 Å². The summed E-state index contributed by atoms with van der Waals surface area (Å²) in [6, 6.07) is 6.58. The number of hydrogen-bond donors (Lipinski definition) is 1. The Morgan fingerprint density at radius 3 is 2.95 bits per heavy atom. The number of rotatable bonds is 5. The largest absolute Gasteiger partial charge is 0.376 e. The Labute approximate surface area is 116 Å². The van der Waals surface area contributed by atoms with Crippen LogP contribution < -0.4 is 10.2 Å². The van der Waals surface area contributed by atoms with E-state index < -0.39 is 0 Å². The highest BCUT2D eigenvalue weighted by Gasteiger charge is 2.15. The van der Waals surface area contributed by atoms with Crippen molar-refractivity contribution in [2.24, 2.45) is 0 Å². The number of para-hydroxylation sites is 1. The molecule has 1 atom stereocenters. The van der Waals surface area contributed by atoms with Crippen LogP contribution in [0.4, 0.5) is 5.69 Å². The number of aryl methyl sites for hydroxylation is 2. The van der Waals surface area contributed by atoms with Crippen LogP contribution in [-0.2, 0) is 11.2 Å². The van der Waals surface area contributed by atoms with Crippen LogP contribution in [0.25, 0.3) is 0 Å². The van der Waals surface area contributed by atoms with Crippen LogP contribution in [0.15, 0.2) is 18.2 Å². The highest BCUT2D eigenvalue weighted by atomic mass is 16.5. The Morgan fingerprint density at radius 2 is 2.26 bits per heavy atom. The van der Waals surface area contributed by atoms with Crippen molar-refractivity contribution in [3.8, 4) is 0 Å². The van der Waals surface area contributed by atoms with Crippen molar-refractivity contribution in [1.82, 2.24) is 5.32 Å². The molecular formula is C16H26N2O. The fourth-order valence-electron chi connectivity index (χ4n) is 2.81. The second kappa shape index (κ2) is 6.92. The van der Waals surface area contributed by atoms with Gasteiger partial charge in [-0.3, -0.25) is 0 Å². The van der Waals surface area contributed by atoms with Gasteiger partial charge in [-0.25, -0.2) is 0 Å². The maximum atomic E-state index is 5.76. The second-order valence-corrected chi connectivity index (χ2v) is 5.34. The van der Waals surface area contributed by atoms with Gasteiger partial charge in [0, 0.05) is 32.4 Å². The molecule has 1 aromatic carbocycles. The molecule has 1 N–H and O–H groups in total. The molecule has 3 heteroatoms. The number of anilines is 1. The third-order valence-electron chi connectivity index (χ3n) is 3.87. The molecular weight excluding hydrogens is 236 g/mol. The molecule has 1 aliphatic heterocycles. The lowest BCUT2D eigenvalue weighted by Gasteiger charge is -2.28. The molecule has 1 fully saturated rings. The van der Waals surface area contributed by atoms with E-state index in [1.807, 2.05) is 0 Å². The summed E-state index contributed by atoms with van der Waals surface area (Å²) in [5, 5.41) is 3.39. The van der Waals surface area contributed by atoms with Crippen molar-refractivity contribution in [1.29, 1.82) is 0 Å². The van der Waals surface area contributed by atoms with Gasteiger partial charge in [-0.2, -0.15) is 0 Å². The minimum Gasteiger partial charge on any atom is -0.376 e. The summed E-state index contributed by atoms with van der Waals surface area (Å²) in [4.78, 5) is 2.38. The van der Waals surface area contributed by atoms with Crippen LogP contribution in [0.3, 0.4) is 0 Å². The SMILES string of the molecule is CCc1cccc(C)c1N(C)CCC1CNCCO1. The summed E-state index contributed by atoms with van der Waals surface area (Å²) in [7, 11) is 2.19. The van der Waals surface area contributed by atoms with Gasteiger partial charge in [-0.1, -0.05) is 25.1 Å². The molecule has 3 nitrogen and oxygen atoms in total. The first-order valence-electron chi connectivity index (χ1n) is 7.34. The number of ether oxygens (including phenoxy) is 1. The van der Waals surface area contributed by atoms with Crippen LogP contribution >= 0.6 is 0 Å². The predicted octanol–water partition coefficient (Wildman–Crippen LogP) is 2.37. The molecule has 2 rings (SSSR count). The molecule has 1 aliphatic rings. The van der Waals surface area contributed by atoms with Gasteiger partial charge in [0.1, 0.15) is 0 Å². The van der Waals surface area contributed by atoms with Crippen LogP contribution in [0.5, 0.6) is 0 Å². The van der Waals surface area contributed by atoms with Gasteiger partial charge < -0.3 is 15.0 Å². The molecule has 0 spiro atoms. The molecule has 0 aromatic heterocycles. The Hall–Kier alpha value is -1.06. The quantitative estimate of drug-likeness (QED) is 0.881. The molecule has 1 saturated heterocycles. The summed E-state index contributed by atoms with van der Waals surface area (Å²) in [5.41, 5.74) is 4.20. The van der Waals surface area contributed by atoms with Crippen LogP contribution in [0.1, 0.15) is 24.5 Å². The van der Waals surface area contributed by atoms with Gasteiger partial charge in [0.15, 0.2) is 0 Å². The zero-order valence-corrected chi connectivity index (χ0v) is 12.4. The van der Waals surface area contributed by atoms with Gasteiger partial charge in [0.05, 0.1) is 12.7 Å². The molecule has 0 aliphatic carbocycles. The fraction of sp³-hybridized carbons (Fsp3) is 0.625. The summed E-state index contributed by atoms with van der Waals surface area (Å²) >= 11 is 0. The normalized spacial score (nSPS) is 19.4. The average Bonchev–Trinajstić information content (AvgIpc) is 2.45. The zero-order valence-electron chi connectivity index (χ0n) is 12.4. The highest BCUT2D eigenvalue weighted by Crippen LogP contribution is 2.25. The third kappa shape index (κ3) is 3.71. The van der Waals surface area contributed by atoms with E-state index in [1.165, 1.54) is 16.8 Å². The Morgan fingerprint density at radius 1 is 1.42 bits per heavy atom. The first-order chi connectivity index (χ1) is 9.22. The summed E-state index contributed by atoms with van der Waals surface area (Å²) < 4.78 is 5.76. The van der Waals surface area contributed by atoms with E-state index in [0.29, 0.717) is 6.10 Å². The van der Waals surface area contributed by atoms with Gasteiger partial charge in [-0.15, -0.1) is 0 Å². The summed E-state index contributed by atoms with van der Waals surface area (Å²) in [6.45, 7) is 8.29. The third-order valence-corrected chi connectivity index (χ3v) is 3.87. The lowest BCUT2D eigenvalue weighted by atomic mass is 10.0. The van der Waals surface area contributed by atoms with Crippen molar-refractivity contribution < 1.29 is 4.74 Å². The average molecular weight is 262 g/mol. The van der Waals surface area contributed by atoms with E-state index in [4.69, 9.17) is 4.74 Å². The van der Waals surface area contributed by atoms with E-state index in [-0.39, 0.29) is 0 Å². The lowest BCUT2D eigenvalue weighted by molar-refractivity contribution is 0.0250. The number of benzene rings is 1. The molecule has 1 unspecified atom stereocenters. The molecule has 106 valence electrons. The molecule has 1 heterocycles. The number of hydrogen-bond acceptors (Lipinski definition) is 3. The van der Waals surface area contributed by atoms with E-state index in [1.54, 1.807) is 0 Å². The molecule has 0 radical (unpaired) electrons. The standard InChI is InChI=1S/C16H26N2O/c1-4-14-7-5-6-13(2)16(14)18(3)10-8-15-12-17-9-11-19-15/h5-7,15,17H,4,8-12H2,1-3H3. The van der Waals surface area contributed by atoms with Gasteiger partial charge >= 0.3 is 0 Å². The first kappa shape index (κ1) is 14.4. The maximum Gasteiger partial charge on any atom is 0.0716 e. The predicted molar refractivity (Wildman–Crippen MR) is 81.1 cm³/mol. The lowest BCUT2D eigenvalue weighted by Crippen LogP contribution is -2.40. The van der Waals surface area contributed by atoms with Gasteiger partial charge in [0.25, 0.3) is 0 Å². The van der Waals surface area contributed by atoms with Crippen molar-refractivity contribution >= 4 is 5.69 Å². The van der Waals surface area contributed by atoms with Crippen LogP contribution in [0, 0.1) is 6.92 Å². The van der Waals surface area contributed by atoms with Crippen molar-refractivity contribution in [3.63, 3.8) is 0 Å².